The third kappa shape index (κ3) is 2.81. The van der Waals surface area contributed by atoms with Crippen molar-refractivity contribution in [3.05, 3.63) is 40.0 Å². The minimum absolute atomic E-state index is 0.509. The summed E-state index contributed by atoms with van der Waals surface area (Å²) < 4.78 is 0. The molecule has 0 unspecified atom stereocenters. The van der Waals surface area contributed by atoms with Crippen LogP contribution in [0.15, 0.2) is 23.6 Å². The highest BCUT2D eigenvalue weighted by Crippen LogP contribution is 2.20. The average Bonchev–Trinajstić information content (AvgIpc) is 2.83. The van der Waals surface area contributed by atoms with Gasteiger partial charge in [0.05, 0.1) is 17.4 Å². The zero-order chi connectivity index (χ0) is 12.8. The molecule has 2 rings (SSSR count). The van der Waals surface area contributed by atoms with Crippen LogP contribution in [-0.4, -0.2) is 16.5 Å². The molecule has 1 aromatic carbocycles. The quantitative estimate of drug-likeness (QED) is 0.468. The van der Waals surface area contributed by atoms with Crippen LogP contribution in [0.5, 0.6) is 0 Å². The van der Waals surface area contributed by atoms with E-state index in [1.54, 1.807) is 6.33 Å². The van der Waals surface area contributed by atoms with Crippen molar-refractivity contribution < 1.29 is 0 Å². The van der Waals surface area contributed by atoms with E-state index < -0.39 is 0 Å². The van der Waals surface area contributed by atoms with Crippen molar-refractivity contribution >= 4 is 11.0 Å². The highest BCUT2D eigenvalue weighted by Gasteiger charge is 2.06. The van der Waals surface area contributed by atoms with E-state index in [1.165, 1.54) is 24.0 Å². The van der Waals surface area contributed by atoms with Gasteiger partial charge in [0.15, 0.2) is 0 Å². The van der Waals surface area contributed by atoms with Gasteiger partial charge in [-0.15, -0.1) is 0 Å². The predicted octanol–water partition coefficient (Wildman–Crippen LogP) is 3.76. The molecule has 94 valence electrons. The minimum Gasteiger partial charge on any atom is -0.345 e. The zero-order valence-electron chi connectivity index (χ0n) is 10.6. The topological polar surface area (TPSA) is 77.4 Å². The van der Waals surface area contributed by atoms with E-state index >= 15 is 0 Å². The largest absolute Gasteiger partial charge is 0.345 e. The first-order valence-electron chi connectivity index (χ1n) is 6.31. The number of hydrogen-bond acceptors (Lipinski definition) is 2. The number of nitrogens with one attached hydrogen (secondary N) is 1. The van der Waals surface area contributed by atoms with Crippen LogP contribution in [-0.2, 0) is 12.8 Å². The molecule has 0 saturated carbocycles. The highest BCUT2D eigenvalue weighted by atomic mass is 15.1. The summed E-state index contributed by atoms with van der Waals surface area (Å²) in [5, 5.41) is 3.61. The molecule has 2 aromatic rings. The van der Waals surface area contributed by atoms with E-state index in [4.69, 9.17) is 5.53 Å². The standard InChI is InChI=1S/C13H17N5/c1-2-3-4-10-7-12-13(16-9-15-12)8-11(10)5-6-17-18-14/h7-9H,2-6H2,1H3,(H,15,16). The molecule has 5 heteroatoms. The molecule has 0 fully saturated rings. The lowest BCUT2D eigenvalue weighted by Gasteiger charge is -2.08. The van der Waals surface area contributed by atoms with Crippen molar-refractivity contribution in [2.75, 3.05) is 6.54 Å². The molecule has 0 aliphatic carbocycles. The number of hydrogen-bond donors (Lipinski definition) is 1. The summed E-state index contributed by atoms with van der Waals surface area (Å²) in [5.74, 6) is 0. The van der Waals surface area contributed by atoms with E-state index in [2.05, 4.69) is 39.1 Å². The molecule has 0 saturated heterocycles. The van der Waals surface area contributed by atoms with Crippen LogP contribution >= 0.6 is 0 Å². The van der Waals surface area contributed by atoms with Gasteiger partial charge in [-0.2, -0.15) is 0 Å². The number of aryl methyl sites for hydroxylation is 1. The lowest BCUT2D eigenvalue weighted by molar-refractivity contribution is 0.784. The number of rotatable bonds is 6. The summed E-state index contributed by atoms with van der Waals surface area (Å²) in [6.45, 7) is 2.70. The van der Waals surface area contributed by atoms with Crippen LogP contribution in [0.4, 0.5) is 0 Å². The van der Waals surface area contributed by atoms with Crippen molar-refractivity contribution in [3.63, 3.8) is 0 Å². The molecule has 0 aliphatic heterocycles. The third-order valence-corrected chi connectivity index (χ3v) is 3.09. The number of unbranched alkanes of at least 4 members (excludes halogenated alkanes) is 1. The number of aromatic nitrogens is 2. The van der Waals surface area contributed by atoms with Crippen LogP contribution in [0, 0.1) is 0 Å². The Morgan fingerprint density at radius 3 is 2.94 bits per heavy atom. The van der Waals surface area contributed by atoms with Crippen LogP contribution in [0.1, 0.15) is 30.9 Å². The van der Waals surface area contributed by atoms with Gasteiger partial charge in [-0.3, -0.25) is 0 Å². The van der Waals surface area contributed by atoms with Crippen LogP contribution in [0.3, 0.4) is 0 Å². The second-order valence-corrected chi connectivity index (χ2v) is 4.35. The van der Waals surface area contributed by atoms with Crippen LogP contribution < -0.4 is 0 Å². The number of H-pyrrole nitrogens is 1. The summed E-state index contributed by atoms with van der Waals surface area (Å²) >= 11 is 0. The Labute approximate surface area is 106 Å². The molecular formula is C13H17N5. The third-order valence-electron chi connectivity index (χ3n) is 3.09. The summed E-state index contributed by atoms with van der Waals surface area (Å²) in [6, 6.07) is 4.27. The van der Waals surface area contributed by atoms with Gasteiger partial charge in [0.1, 0.15) is 0 Å². The van der Waals surface area contributed by atoms with Crippen molar-refractivity contribution in [2.45, 2.75) is 32.6 Å². The number of azide groups is 1. The maximum Gasteiger partial charge on any atom is 0.0931 e. The summed E-state index contributed by atoms with van der Waals surface area (Å²) in [7, 11) is 0. The molecule has 18 heavy (non-hydrogen) atoms. The normalized spacial score (nSPS) is 10.5. The smallest absolute Gasteiger partial charge is 0.0931 e. The molecule has 5 nitrogen and oxygen atoms in total. The lowest BCUT2D eigenvalue weighted by atomic mass is 9.99. The molecule has 1 aromatic heterocycles. The van der Waals surface area contributed by atoms with Gasteiger partial charge < -0.3 is 4.98 Å². The van der Waals surface area contributed by atoms with Gasteiger partial charge in [-0.05, 0) is 48.1 Å². The van der Waals surface area contributed by atoms with Crippen molar-refractivity contribution in [3.8, 4) is 0 Å². The van der Waals surface area contributed by atoms with Crippen molar-refractivity contribution in [2.24, 2.45) is 5.11 Å². The lowest BCUT2D eigenvalue weighted by Crippen LogP contribution is -1.97. The van der Waals surface area contributed by atoms with E-state index in [1.807, 2.05) is 0 Å². The average molecular weight is 243 g/mol. The fourth-order valence-electron chi connectivity index (χ4n) is 2.12. The van der Waals surface area contributed by atoms with Gasteiger partial charge in [0, 0.05) is 11.5 Å². The van der Waals surface area contributed by atoms with Crippen molar-refractivity contribution in [1.82, 2.24) is 9.97 Å². The Morgan fingerprint density at radius 2 is 2.17 bits per heavy atom. The Kier molecular flexibility index (Phi) is 4.20. The first kappa shape index (κ1) is 12.5. The number of nitrogens with zero attached hydrogens (tertiary/aromatic N) is 4. The predicted molar refractivity (Wildman–Crippen MR) is 72.4 cm³/mol. The Balaban J connectivity index is 2.29. The van der Waals surface area contributed by atoms with Crippen LogP contribution in [0.2, 0.25) is 0 Å². The first-order chi connectivity index (χ1) is 8.85. The Bertz CT molecular complexity index is 566. The fraction of sp³-hybridized carbons (Fsp3) is 0.462. The molecule has 0 spiro atoms. The second kappa shape index (κ2) is 6.07. The van der Waals surface area contributed by atoms with Gasteiger partial charge >= 0.3 is 0 Å². The Hall–Kier alpha value is -2.00. The maximum absolute atomic E-state index is 8.34. The minimum atomic E-state index is 0.509. The second-order valence-electron chi connectivity index (χ2n) is 4.35. The highest BCUT2D eigenvalue weighted by molar-refractivity contribution is 5.76. The van der Waals surface area contributed by atoms with E-state index in [0.29, 0.717) is 6.54 Å². The maximum atomic E-state index is 8.34. The van der Waals surface area contributed by atoms with Gasteiger partial charge in [-0.1, -0.05) is 18.5 Å². The monoisotopic (exact) mass is 243 g/mol. The molecular weight excluding hydrogens is 226 g/mol. The van der Waals surface area contributed by atoms with Crippen LogP contribution in [0.25, 0.3) is 21.5 Å². The van der Waals surface area contributed by atoms with Gasteiger partial charge in [0.25, 0.3) is 0 Å². The molecule has 0 bridgehead atoms. The molecule has 0 atom stereocenters. The summed E-state index contributed by atoms with van der Waals surface area (Å²) in [5.41, 5.74) is 13.0. The van der Waals surface area contributed by atoms with Crippen molar-refractivity contribution in [1.29, 1.82) is 0 Å². The molecule has 0 amide bonds. The molecule has 0 radical (unpaired) electrons. The summed E-state index contributed by atoms with van der Waals surface area (Å²) in [6.07, 6.45) is 5.91. The number of aromatic amines is 1. The van der Waals surface area contributed by atoms with Gasteiger partial charge in [0.2, 0.25) is 0 Å². The SMILES string of the molecule is CCCCc1cc2nc[nH]c2cc1CCN=[N+]=[N-]. The number of benzene rings is 1. The fourth-order valence-corrected chi connectivity index (χ4v) is 2.12. The van der Waals surface area contributed by atoms with Gasteiger partial charge in [-0.25, -0.2) is 4.98 Å². The first-order valence-corrected chi connectivity index (χ1v) is 6.31. The molecule has 0 aliphatic rings. The van der Waals surface area contributed by atoms with E-state index in [-0.39, 0.29) is 0 Å². The summed E-state index contributed by atoms with van der Waals surface area (Å²) in [4.78, 5) is 10.2. The molecule has 1 heterocycles. The Morgan fingerprint density at radius 1 is 1.33 bits per heavy atom. The van der Waals surface area contributed by atoms with E-state index in [9.17, 15) is 0 Å². The number of imidazole rings is 1. The van der Waals surface area contributed by atoms with E-state index in [0.717, 1.165) is 23.9 Å². The number of fused-ring (bicyclic) bond motifs is 1. The zero-order valence-corrected chi connectivity index (χ0v) is 10.6. The molecule has 1 N–H and O–H groups in total.